The molecule has 0 amide bonds. The predicted molar refractivity (Wildman–Crippen MR) is 183 cm³/mol. The quantitative estimate of drug-likeness (QED) is 0.218. The van der Waals surface area contributed by atoms with Crippen LogP contribution in [0.4, 0.5) is 0 Å². The summed E-state index contributed by atoms with van der Waals surface area (Å²) in [5, 5.41) is 0. The lowest BCUT2D eigenvalue weighted by atomic mass is 9.80. The Balaban J connectivity index is 0.000000297. The Morgan fingerprint density at radius 3 is 1.48 bits per heavy atom. The topological polar surface area (TPSA) is 68.3 Å². The van der Waals surface area contributed by atoms with Crippen molar-refractivity contribution in [1.29, 1.82) is 0 Å². The van der Waals surface area contributed by atoms with E-state index in [0.29, 0.717) is 36.1 Å². The molecule has 238 valence electrons. The molecule has 1 aliphatic rings. The van der Waals surface area contributed by atoms with Crippen LogP contribution in [0.2, 0.25) is 0 Å². The van der Waals surface area contributed by atoms with E-state index >= 15 is 0 Å². The normalized spacial score (nSPS) is 12.2. The fourth-order valence-electron chi connectivity index (χ4n) is 4.23. The minimum atomic E-state index is -0.337. The van der Waals surface area contributed by atoms with Crippen molar-refractivity contribution >= 4 is 23.1 Å². The van der Waals surface area contributed by atoms with Gasteiger partial charge in [0.1, 0.15) is 17.3 Å². The van der Waals surface area contributed by atoms with E-state index in [1.807, 2.05) is 153 Å². The SMILES string of the molecule is CC(C)C(=O)C1CC1.CC(C)C(=O)Cc1ccccc1.CC(C)C(=O)c1ccccc1.CCC(=O)C(C)(C)c1ccccc1. The maximum atomic E-state index is 11.6. The minimum absolute atomic E-state index is 0.0948. The fourth-order valence-corrected chi connectivity index (χ4v) is 4.23. The van der Waals surface area contributed by atoms with Gasteiger partial charge in [-0.15, -0.1) is 0 Å². The van der Waals surface area contributed by atoms with Gasteiger partial charge in [0.15, 0.2) is 5.78 Å². The van der Waals surface area contributed by atoms with Gasteiger partial charge in [-0.3, -0.25) is 19.2 Å². The number of carbonyl (C=O) groups is 4. The highest BCUT2D eigenvalue weighted by atomic mass is 16.1. The van der Waals surface area contributed by atoms with Gasteiger partial charge in [-0.25, -0.2) is 0 Å². The number of hydrogen-bond acceptors (Lipinski definition) is 4. The summed E-state index contributed by atoms with van der Waals surface area (Å²) in [4.78, 5) is 45.2. The molecule has 1 fully saturated rings. The summed E-state index contributed by atoms with van der Waals surface area (Å²) < 4.78 is 0. The van der Waals surface area contributed by atoms with Crippen molar-refractivity contribution in [3.63, 3.8) is 0 Å². The Bertz CT molecular complexity index is 1260. The van der Waals surface area contributed by atoms with Crippen molar-refractivity contribution in [3.05, 3.63) is 108 Å². The van der Waals surface area contributed by atoms with Crippen molar-refractivity contribution < 1.29 is 19.2 Å². The van der Waals surface area contributed by atoms with Crippen LogP contribution in [0, 0.1) is 23.7 Å². The summed E-state index contributed by atoms with van der Waals surface area (Å²) in [6, 6.07) is 29.2. The largest absolute Gasteiger partial charge is 0.299 e. The molecule has 0 aliphatic heterocycles. The molecule has 3 aromatic rings. The zero-order chi connectivity index (χ0) is 33.3. The lowest BCUT2D eigenvalue weighted by molar-refractivity contribution is -0.123. The Labute approximate surface area is 266 Å². The van der Waals surface area contributed by atoms with E-state index in [9.17, 15) is 19.2 Å². The van der Waals surface area contributed by atoms with Crippen LogP contribution in [0.25, 0.3) is 0 Å². The predicted octanol–water partition coefficient (Wildman–Crippen LogP) is 9.54. The van der Waals surface area contributed by atoms with Crippen LogP contribution in [0.1, 0.15) is 103 Å². The van der Waals surface area contributed by atoms with Crippen molar-refractivity contribution in [2.45, 2.75) is 93.4 Å². The van der Waals surface area contributed by atoms with Crippen LogP contribution < -0.4 is 0 Å². The highest BCUT2D eigenvalue weighted by molar-refractivity contribution is 5.97. The highest BCUT2D eigenvalue weighted by Crippen LogP contribution is 2.32. The molecular formula is C40H54O4. The summed E-state index contributed by atoms with van der Waals surface area (Å²) >= 11 is 0. The molecule has 0 atom stereocenters. The van der Waals surface area contributed by atoms with Crippen molar-refractivity contribution in [2.75, 3.05) is 0 Å². The van der Waals surface area contributed by atoms with E-state index < -0.39 is 0 Å². The van der Waals surface area contributed by atoms with Crippen LogP contribution in [0.5, 0.6) is 0 Å². The van der Waals surface area contributed by atoms with Crippen LogP contribution in [0.15, 0.2) is 91.0 Å². The zero-order valence-electron chi connectivity index (χ0n) is 28.4. The number of benzene rings is 3. The first-order chi connectivity index (χ1) is 20.7. The number of carbonyl (C=O) groups excluding carboxylic acids is 4. The molecule has 4 nitrogen and oxygen atoms in total. The van der Waals surface area contributed by atoms with Crippen molar-refractivity contribution in [3.8, 4) is 0 Å². The molecule has 0 bridgehead atoms. The van der Waals surface area contributed by atoms with Gasteiger partial charge in [0.2, 0.25) is 0 Å². The first-order valence-electron chi connectivity index (χ1n) is 16.0. The molecule has 1 saturated carbocycles. The Hall–Kier alpha value is -3.66. The molecule has 0 radical (unpaired) electrons. The smallest absolute Gasteiger partial charge is 0.165 e. The summed E-state index contributed by atoms with van der Waals surface area (Å²) in [6.07, 6.45) is 3.47. The number of Topliss-reactive ketones (excluding diaryl/α,β-unsaturated/α-hetero) is 4. The lowest BCUT2D eigenvalue weighted by Crippen LogP contribution is -2.28. The third-order valence-corrected chi connectivity index (χ3v) is 7.51. The van der Waals surface area contributed by atoms with E-state index in [4.69, 9.17) is 0 Å². The second-order valence-corrected chi connectivity index (χ2v) is 12.8. The second kappa shape index (κ2) is 19.6. The van der Waals surface area contributed by atoms with Gasteiger partial charge in [-0.05, 0) is 37.8 Å². The summed E-state index contributed by atoms with van der Waals surface area (Å²) in [5.41, 5.74) is 2.68. The molecule has 44 heavy (non-hydrogen) atoms. The van der Waals surface area contributed by atoms with Gasteiger partial charge in [-0.1, -0.05) is 139 Å². The molecule has 4 heteroatoms. The molecule has 4 rings (SSSR count). The highest BCUT2D eigenvalue weighted by Gasteiger charge is 2.30. The number of rotatable bonds is 10. The molecule has 3 aromatic carbocycles. The molecule has 0 spiro atoms. The Morgan fingerprint density at radius 1 is 0.659 bits per heavy atom. The summed E-state index contributed by atoms with van der Waals surface area (Å²) in [6.45, 7) is 17.5. The average molecular weight is 599 g/mol. The van der Waals surface area contributed by atoms with Gasteiger partial charge >= 0.3 is 0 Å². The second-order valence-electron chi connectivity index (χ2n) is 12.8. The molecule has 0 aromatic heterocycles. The number of hydrogen-bond donors (Lipinski definition) is 0. The molecule has 0 N–H and O–H groups in total. The third kappa shape index (κ3) is 14.2. The van der Waals surface area contributed by atoms with E-state index in [-0.39, 0.29) is 29.0 Å². The molecular weight excluding hydrogens is 544 g/mol. The van der Waals surface area contributed by atoms with Crippen LogP contribution in [0.3, 0.4) is 0 Å². The van der Waals surface area contributed by atoms with Gasteiger partial charge < -0.3 is 0 Å². The Morgan fingerprint density at radius 2 is 1.11 bits per heavy atom. The van der Waals surface area contributed by atoms with E-state index in [0.717, 1.165) is 29.5 Å². The van der Waals surface area contributed by atoms with Crippen LogP contribution in [-0.2, 0) is 26.2 Å². The summed E-state index contributed by atoms with van der Waals surface area (Å²) in [5.74, 6) is 2.23. The molecule has 0 saturated heterocycles. The first kappa shape index (κ1) is 38.4. The summed E-state index contributed by atoms with van der Waals surface area (Å²) in [7, 11) is 0. The van der Waals surface area contributed by atoms with Crippen LogP contribution in [-0.4, -0.2) is 23.1 Å². The maximum absolute atomic E-state index is 11.6. The van der Waals surface area contributed by atoms with E-state index in [2.05, 4.69) is 0 Å². The van der Waals surface area contributed by atoms with E-state index in [1.54, 1.807) is 0 Å². The monoisotopic (exact) mass is 598 g/mol. The maximum Gasteiger partial charge on any atom is 0.165 e. The van der Waals surface area contributed by atoms with Gasteiger partial charge in [0, 0.05) is 47.5 Å². The van der Waals surface area contributed by atoms with Crippen molar-refractivity contribution in [1.82, 2.24) is 0 Å². The molecule has 0 heterocycles. The first-order valence-corrected chi connectivity index (χ1v) is 16.0. The Kier molecular flexibility index (Phi) is 17.1. The molecule has 0 unspecified atom stereocenters. The van der Waals surface area contributed by atoms with Crippen molar-refractivity contribution in [2.24, 2.45) is 23.7 Å². The van der Waals surface area contributed by atoms with Crippen LogP contribution >= 0.6 is 0 Å². The molecule has 1 aliphatic carbocycles. The minimum Gasteiger partial charge on any atom is -0.299 e. The standard InChI is InChI=1S/C12H16O.C11H14O.C10H12O.C7H12O/c1-4-11(13)12(2,3)10-8-6-5-7-9-10;1-9(2)11(12)8-10-6-4-3-5-7-10;1-8(2)10(11)9-6-4-3-5-7-9;1-5(2)7(8)6-3-4-6/h5-9H,4H2,1-3H3;3-7,9H,8H2,1-2H3;3-8H,1-2H3;5-6H,3-4H2,1-2H3. The third-order valence-electron chi connectivity index (χ3n) is 7.51. The zero-order valence-corrected chi connectivity index (χ0v) is 28.4. The van der Waals surface area contributed by atoms with Gasteiger partial charge in [0.25, 0.3) is 0 Å². The number of ketones is 4. The van der Waals surface area contributed by atoms with E-state index in [1.165, 1.54) is 0 Å². The lowest BCUT2D eigenvalue weighted by Gasteiger charge is -2.22. The van der Waals surface area contributed by atoms with Gasteiger partial charge in [-0.2, -0.15) is 0 Å². The average Bonchev–Trinajstić information content (AvgIpc) is 3.88. The van der Waals surface area contributed by atoms with Gasteiger partial charge in [0.05, 0.1) is 0 Å². The fraction of sp³-hybridized carbons (Fsp3) is 0.450.